The van der Waals surface area contributed by atoms with Gasteiger partial charge in [0.1, 0.15) is 5.60 Å². The van der Waals surface area contributed by atoms with Gasteiger partial charge in [0, 0.05) is 26.1 Å². The van der Waals surface area contributed by atoms with Gasteiger partial charge in [-0.3, -0.25) is 4.68 Å². The molecule has 1 aromatic rings. The molecule has 0 spiro atoms. The smallest absolute Gasteiger partial charge is 0.113 e. The van der Waals surface area contributed by atoms with Crippen molar-refractivity contribution >= 4 is 11.6 Å². The molecule has 2 aliphatic heterocycles. The number of hydrogen-bond donors (Lipinski definition) is 1. The third-order valence-corrected chi connectivity index (χ3v) is 4.75. The number of rotatable bonds is 4. The lowest BCUT2D eigenvalue weighted by atomic mass is 9.79. The van der Waals surface area contributed by atoms with Crippen LogP contribution in [0.3, 0.4) is 0 Å². The fourth-order valence-corrected chi connectivity index (χ4v) is 3.71. The monoisotopic (exact) mass is 285 g/mol. The van der Waals surface area contributed by atoms with Gasteiger partial charge in [-0.2, -0.15) is 5.10 Å². The van der Waals surface area contributed by atoms with Crippen LogP contribution in [0.15, 0.2) is 6.20 Å². The normalized spacial score (nSPS) is 33.8. The Hall–Kier alpha value is -0.620. The van der Waals surface area contributed by atoms with Gasteiger partial charge in [0.15, 0.2) is 0 Å². The highest BCUT2D eigenvalue weighted by Crippen LogP contribution is 2.44. The van der Waals surface area contributed by atoms with Crippen molar-refractivity contribution in [3.63, 3.8) is 0 Å². The first-order chi connectivity index (χ1) is 9.15. The Morgan fingerprint density at radius 1 is 1.58 bits per heavy atom. The molecule has 2 fully saturated rings. The van der Waals surface area contributed by atoms with Crippen LogP contribution in [-0.4, -0.2) is 53.1 Å². The summed E-state index contributed by atoms with van der Waals surface area (Å²) in [6, 6.07) is 0. The summed E-state index contributed by atoms with van der Waals surface area (Å²) >= 11 is 6.29. The Morgan fingerprint density at radius 2 is 2.42 bits per heavy atom. The largest absolute Gasteiger partial charge is 0.383 e. The maximum Gasteiger partial charge on any atom is 0.113 e. The molecule has 3 rings (SSSR count). The number of halogens is 1. The minimum absolute atomic E-state index is 0.261. The second-order valence-corrected chi connectivity index (χ2v) is 5.92. The lowest BCUT2D eigenvalue weighted by Gasteiger charge is -2.39. The maximum atomic E-state index is 11.2. The molecule has 3 atom stereocenters. The third-order valence-electron chi connectivity index (χ3n) is 4.47. The Labute approximate surface area is 118 Å². The quantitative estimate of drug-likeness (QED) is 0.900. The third kappa shape index (κ3) is 2.18. The molecule has 19 heavy (non-hydrogen) atoms. The Morgan fingerprint density at radius 3 is 3.21 bits per heavy atom. The average molecular weight is 286 g/mol. The standard InChI is InChI=1S/C13H20ClN3O2/c1-19-7-6-17-12(11(14)8-15-17)13(18)3-5-16-4-2-10(13)9-16/h8,10,18H,2-7,9H2,1H3. The number of aromatic nitrogens is 2. The minimum atomic E-state index is -0.839. The van der Waals surface area contributed by atoms with Gasteiger partial charge in [0.25, 0.3) is 0 Å². The van der Waals surface area contributed by atoms with E-state index in [0.29, 0.717) is 18.2 Å². The molecular formula is C13H20ClN3O2. The Bertz CT molecular complexity index is 465. The second kappa shape index (κ2) is 5.05. The van der Waals surface area contributed by atoms with E-state index >= 15 is 0 Å². The van der Waals surface area contributed by atoms with Crippen molar-refractivity contribution in [2.45, 2.75) is 25.0 Å². The molecule has 0 saturated carbocycles. The summed E-state index contributed by atoms with van der Waals surface area (Å²) in [6.07, 6.45) is 3.39. The molecule has 3 heterocycles. The summed E-state index contributed by atoms with van der Waals surface area (Å²) in [5.41, 5.74) is -0.0633. The van der Waals surface area contributed by atoms with E-state index in [2.05, 4.69) is 10.00 Å². The molecule has 1 N–H and O–H groups in total. The highest BCUT2D eigenvalue weighted by atomic mass is 35.5. The fraction of sp³-hybridized carbons (Fsp3) is 0.769. The van der Waals surface area contributed by atoms with Crippen molar-refractivity contribution in [1.82, 2.24) is 14.7 Å². The van der Waals surface area contributed by atoms with Crippen LogP contribution >= 0.6 is 11.6 Å². The van der Waals surface area contributed by atoms with Crippen molar-refractivity contribution in [2.24, 2.45) is 5.92 Å². The Kier molecular flexibility index (Phi) is 3.55. The van der Waals surface area contributed by atoms with E-state index in [1.807, 2.05) is 0 Å². The second-order valence-electron chi connectivity index (χ2n) is 5.52. The van der Waals surface area contributed by atoms with Gasteiger partial charge in [-0.15, -0.1) is 0 Å². The summed E-state index contributed by atoms with van der Waals surface area (Å²) < 4.78 is 6.90. The van der Waals surface area contributed by atoms with Crippen molar-refractivity contribution < 1.29 is 9.84 Å². The summed E-state index contributed by atoms with van der Waals surface area (Å²) in [6.45, 7) is 4.16. The topological polar surface area (TPSA) is 50.5 Å². The molecule has 0 amide bonds. The van der Waals surface area contributed by atoms with Crippen molar-refractivity contribution in [3.05, 3.63) is 16.9 Å². The van der Waals surface area contributed by atoms with Crippen LogP contribution in [0.2, 0.25) is 5.02 Å². The number of aliphatic hydroxyl groups is 1. The number of ether oxygens (including phenoxy) is 1. The zero-order chi connectivity index (χ0) is 13.5. The van der Waals surface area contributed by atoms with E-state index in [1.165, 1.54) is 0 Å². The van der Waals surface area contributed by atoms with Gasteiger partial charge in [0.2, 0.25) is 0 Å². The molecule has 2 bridgehead atoms. The van der Waals surface area contributed by atoms with Crippen molar-refractivity contribution in [3.8, 4) is 0 Å². The molecule has 5 nitrogen and oxygen atoms in total. The molecule has 0 aromatic carbocycles. The zero-order valence-corrected chi connectivity index (χ0v) is 11.9. The molecule has 2 aliphatic rings. The van der Waals surface area contributed by atoms with E-state index in [-0.39, 0.29) is 5.92 Å². The van der Waals surface area contributed by atoms with E-state index in [9.17, 15) is 5.11 Å². The van der Waals surface area contributed by atoms with Crippen molar-refractivity contribution in [2.75, 3.05) is 33.4 Å². The van der Waals surface area contributed by atoms with E-state index < -0.39 is 5.60 Å². The van der Waals surface area contributed by atoms with Crippen LogP contribution in [0.5, 0.6) is 0 Å². The molecular weight excluding hydrogens is 266 g/mol. The minimum Gasteiger partial charge on any atom is -0.383 e. The van der Waals surface area contributed by atoms with Gasteiger partial charge in [-0.05, 0) is 19.4 Å². The van der Waals surface area contributed by atoms with Crippen LogP contribution in [0.1, 0.15) is 18.5 Å². The van der Waals surface area contributed by atoms with Crippen LogP contribution in [-0.2, 0) is 16.9 Å². The van der Waals surface area contributed by atoms with Crippen LogP contribution < -0.4 is 0 Å². The lowest BCUT2D eigenvalue weighted by Crippen LogP contribution is -2.45. The highest BCUT2D eigenvalue weighted by Gasteiger charge is 2.48. The SMILES string of the molecule is COCCn1ncc(Cl)c1C1(O)CCN2CCC1C2. The predicted octanol–water partition coefficient (Wildman–Crippen LogP) is 1.10. The van der Waals surface area contributed by atoms with Crippen LogP contribution in [0, 0.1) is 5.92 Å². The molecule has 106 valence electrons. The fourth-order valence-electron chi connectivity index (χ4n) is 3.41. The van der Waals surface area contributed by atoms with Gasteiger partial charge >= 0.3 is 0 Å². The van der Waals surface area contributed by atoms with Crippen molar-refractivity contribution in [1.29, 1.82) is 0 Å². The first-order valence-electron chi connectivity index (χ1n) is 6.80. The number of nitrogens with zero attached hydrogens (tertiary/aromatic N) is 3. The van der Waals surface area contributed by atoms with Gasteiger partial charge in [-0.1, -0.05) is 11.6 Å². The number of methoxy groups -OCH3 is 1. The first-order valence-corrected chi connectivity index (χ1v) is 7.18. The van der Waals surface area contributed by atoms with Crippen LogP contribution in [0.25, 0.3) is 0 Å². The van der Waals surface area contributed by atoms with E-state index in [1.54, 1.807) is 18.0 Å². The summed E-state index contributed by atoms with van der Waals surface area (Å²) in [7, 11) is 1.66. The predicted molar refractivity (Wildman–Crippen MR) is 72.2 cm³/mol. The van der Waals surface area contributed by atoms with E-state index in [4.69, 9.17) is 16.3 Å². The maximum absolute atomic E-state index is 11.2. The molecule has 2 saturated heterocycles. The summed E-state index contributed by atoms with van der Waals surface area (Å²) in [4.78, 5) is 2.41. The molecule has 1 aromatic heterocycles. The number of hydrogen-bond acceptors (Lipinski definition) is 4. The zero-order valence-electron chi connectivity index (χ0n) is 11.2. The summed E-state index contributed by atoms with van der Waals surface area (Å²) in [5, 5.41) is 16.0. The summed E-state index contributed by atoms with van der Waals surface area (Å²) in [5.74, 6) is 0.261. The first kappa shape index (κ1) is 13.4. The molecule has 3 unspecified atom stereocenters. The lowest BCUT2D eigenvalue weighted by molar-refractivity contribution is -0.0574. The van der Waals surface area contributed by atoms with Gasteiger partial charge < -0.3 is 14.7 Å². The van der Waals surface area contributed by atoms with Gasteiger partial charge in [0.05, 0.1) is 30.1 Å². The van der Waals surface area contributed by atoms with E-state index in [0.717, 1.165) is 38.2 Å². The number of fused-ring (bicyclic) bond motifs is 2. The highest BCUT2D eigenvalue weighted by molar-refractivity contribution is 6.31. The Balaban J connectivity index is 1.93. The van der Waals surface area contributed by atoms with Crippen LogP contribution in [0.4, 0.5) is 0 Å². The molecule has 0 radical (unpaired) electrons. The number of piperidine rings is 1. The average Bonchev–Trinajstić information content (AvgIpc) is 2.98. The molecule has 6 heteroatoms. The molecule has 0 aliphatic carbocycles. The van der Waals surface area contributed by atoms with Gasteiger partial charge in [-0.25, -0.2) is 0 Å².